The summed E-state index contributed by atoms with van der Waals surface area (Å²) in [5.74, 6) is 0. The van der Waals surface area contributed by atoms with Crippen molar-refractivity contribution in [2.45, 2.75) is 19.6 Å². The highest BCUT2D eigenvalue weighted by molar-refractivity contribution is 5.17. The standard InChI is InChI=1S/C20H23NO/c1-3-7-18(8-4-1)15-21-13-11-19(16-21)12-14-22-17-20-9-5-2-6-10-20/h1-10,12H,11,13-17H2/b19-12+. The first-order valence-corrected chi connectivity index (χ1v) is 7.96. The van der Waals surface area contributed by atoms with Crippen LogP contribution in [0.1, 0.15) is 17.5 Å². The lowest BCUT2D eigenvalue weighted by atomic mass is 10.2. The molecule has 1 heterocycles. The molecule has 2 aromatic rings. The number of nitrogens with zero attached hydrogens (tertiary/aromatic N) is 1. The maximum Gasteiger partial charge on any atom is 0.0721 e. The first kappa shape index (κ1) is 15.0. The van der Waals surface area contributed by atoms with Gasteiger partial charge >= 0.3 is 0 Å². The van der Waals surface area contributed by atoms with Crippen LogP contribution in [0.25, 0.3) is 0 Å². The van der Waals surface area contributed by atoms with Crippen LogP contribution in [-0.4, -0.2) is 24.6 Å². The Hall–Kier alpha value is -1.90. The Bertz CT molecular complexity index is 592. The van der Waals surface area contributed by atoms with Gasteiger partial charge in [-0.3, -0.25) is 4.90 Å². The van der Waals surface area contributed by atoms with Gasteiger partial charge in [0, 0.05) is 19.6 Å². The zero-order valence-electron chi connectivity index (χ0n) is 12.9. The molecule has 114 valence electrons. The molecule has 0 spiro atoms. The van der Waals surface area contributed by atoms with Crippen LogP contribution in [0, 0.1) is 0 Å². The van der Waals surface area contributed by atoms with Crippen LogP contribution in [-0.2, 0) is 17.9 Å². The molecule has 0 radical (unpaired) electrons. The van der Waals surface area contributed by atoms with E-state index in [1.54, 1.807) is 0 Å². The summed E-state index contributed by atoms with van der Waals surface area (Å²) < 4.78 is 5.74. The molecule has 2 nitrogen and oxygen atoms in total. The number of ether oxygens (including phenoxy) is 1. The van der Waals surface area contributed by atoms with Crippen molar-refractivity contribution in [1.82, 2.24) is 4.90 Å². The predicted molar refractivity (Wildman–Crippen MR) is 90.5 cm³/mol. The second-order valence-corrected chi connectivity index (χ2v) is 5.81. The van der Waals surface area contributed by atoms with Crippen LogP contribution in [0.15, 0.2) is 72.3 Å². The maximum atomic E-state index is 5.74. The van der Waals surface area contributed by atoms with E-state index in [0.29, 0.717) is 13.2 Å². The van der Waals surface area contributed by atoms with Gasteiger partial charge in [0.2, 0.25) is 0 Å². The molecule has 0 atom stereocenters. The van der Waals surface area contributed by atoms with E-state index in [9.17, 15) is 0 Å². The van der Waals surface area contributed by atoms with E-state index in [1.807, 2.05) is 6.07 Å². The molecule has 1 fully saturated rings. The molecule has 1 saturated heterocycles. The SMILES string of the molecule is C(/COCc1ccccc1)=C1/CCN(Cc2ccccc2)C1. The summed E-state index contributed by atoms with van der Waals surface area (Å²) >= 11 is 0. The smallest absolute Gasteiger partial charge is 0.0721 e. The Balaban J connectivity index is 1.40. The first-order chi connectivity index (χ1) is 10.9. The Morgan fingerprint density at radius 1 is 0.909 bits per heavy atom. The van der Waals surface area contributed by atoms with Crippen LogP contribution in [0.3, 0.4) is 0 Å². The largest absolute Gasteiger partial charge is 0.373 e. The highest BCUT2D eigenvalue weighted by Crippen LogP contribution is 2.17. The molecule has 0 aromatic heterocycles. The molecule has 1 aliphatic rings. The highest BCUT2D eigenvalue weighted by atomic mass is 16.5. The van der Waals surface area contributed by atoms with Crippen molar-refractivity contribution >= 4 is 0 Å². The molecule has 0 N–H and O–H groups in total. The molecule has 0 aliphatic carbocycles. The molecular weight excluding hydrogens is 270 g/mol. The van der Waals surface area contributed by atoms with Crippen molar-refractivity contribution < 1.29 is 4.74 Å². The van der Waals surface area contributed by atoms with Gasteiger partial charge in [0.25, 0.3) is 0 Å². The Morgan fingerprint density at radius 2 is 1.59 bits per heavy atom. The van der Waals surface area contributed by atoms with Crippen molar-refractivity contribution in [3.8, 4) is 0 Å². The number of rotatable bonds is 6. The van der Waals surface area contributed by atoms with Crippen LogP contribution in [0.4, 0.5) is 0 Å². The summed E-state index contributed by atoms with van der Waals surface area (Å²) in [6.07, 6.45) is 3.43. The topological polar surface area (TPSA) is 12.5 Å². The summed E-state index contributed by atoms with van der Waals surface area (Å²) in [4.78, 5) is 2.50. The molecule has 2 aromatic carbocycles. The van der Waals surface area contributed by atoms with Gasteiger partial charge in [-0.05, 0) is 17.5 Å². The lowest BCUT2D eigenvalue weighted by Gasteiger charge is -2.14. The zero-order chi connectivity index (χ0) is 15.0. The minimum absolute atomic E-state index is 0.693. The zero-order valence-corrected chi connectivity index (χ0v) is 12.9. The third-order valence-electron chi connectivity index (χ3n) is 4.03. The number of benzene rings is 2. The average Bonchev–Trinajstić information content (AvgIpc) is 3.01. The van der Waals surface area contributed by atoms with Gasteiger partial charge in [-0.2, -0.15) is 0 Å². The Morgan fingerprint density at radius 3 is 2.32 bits per heavy atom. The molecular formula is C20H23NO. The minimum Gasteiger partial charge on any atom is -0.373 e. The molecule has 0 amide bonds. The lowest BCUT2D eigenvalue weighted by Crippen LogP contribution is -2.18. The third-order valence-corrected chi connectivity index (χ3v) is 4.03. The summed E-state index contributed by atoms with van der Waals surface area (Å²) in [7, 11) is 0. The number of hydrogen-bond acceptors (Lipinski definition) is 2. The van der Waals surface area contributed by atoms with Gasteiger partial charge in [-0.25, -0.2) is 0 Å². The average molecular weight is 293 g/mol. The molecule has 0 saturated carbocycles. The molecule has 0 unspecified atom stereocenters. The van der Waals surface area contributed by atoms with E-state index < -0.39 is 0 Å². The number of hydrogen-bond donors (Lipinski definition) is 0. The van der Waals surface area contributed by atoms with E-state index in [0.717, 1.165) is 19.6 Å². The van der Waals surface area contributed by atoms with Crippen molar-refractivity contribution in [1.29, 1.82) is 0 Å². The molecule has 1 aliphatic heterocycles. The van der Waals surface area contributed by atoms with Gasteiger partial charge in [0.1, 0.15) is 0 Å². The Kier molecular flexibility index (Phi) is 5.41. The second-order valence-electron chi connectivity index (χ2n) is 5.81. The maximum absolute atomic E-state index is 5.74. The van der Waals surface area contributed by atoms with Crippen molar-refractivity contribution in [3.63, 3.8) is 0 Å². The van der Waals surface area contributed by atoms with Crippen LogP contribution in [0.2, 0.25) is 0 Å². The quantitative estimate of drug-likeness (QED) is 0.589. The van der Waals surface area contributed by atoms with Crippen molar-refractivity contribution in [2.24, 2.45) is 0 Å². The van der Waals surface area contributed by atoms with Gasteiger partial charge in [0.05, 0.1) is 13.2 Å². The third kappa shape index (κ3) is 4.55. The van der Waals surface area contributed by atoms with Gasteiger partial charge in [0.15, 0.2) is 0 Å². The van der Waals surface area contributed by atoms with Crippen LogP contribution >= 0.6 is 0 Å². The minimum atomic E-state index is 0.693. The summed E-state index contributed by atoms with van der Waals surface area (Å²) in [6, 6.07) is 21.0. The normalized spacial score (nSPS) is 17.2. The van der Waals surface area contributed by atoms with E-state index in [2.05, 4.69) is 65.6 Å². The lowest BCUT2D eigenvalue weighted by molar-refractivity contribution is 0.148. The van der Waals surface area contributed by atoms with Crippen LogP contribution in [0.5, 0.6) is 0 Å². The molecule has 22 heavy (non-hydrogen) atoms. The highest BCUT2D eigenvalue weighted by Gasteiger charge is 2.15. The number of likely N-dealkylation sites (tertiary alicyclic amines) is 1. The van der Waals surface area contributed by atoms with Gasteiger partial charge < -0.3 is 4.74 Å². The first-order valence-electron chi connectivity index (χ1n) is 7.96. The molecule has 0 bridgehead atoms. The van der Waals surface area contributed by atoms with Gasteiger partial charge in [-0.1, -0.05) is 72.3 Å². The summed E-state index contributed by atoms with van der Waals surface area (Å²) in [5.41, 5.74) is 4.13. The van der Waals surface area contributed by atoms with E-state index in [1.165, 1.54) is 23.1 Å². The Labute approximate surface area is 133 Å². The van der Waals surface area contributed by atoms with E-state index in [-0.39, 0.29) is 0 Å². The van der Waals surface area contributed by atoms with Gasteiger partial charge in [-0.15, -0.1) is 0 Å². The molecule has 3 rings (SSSR count). The van der Waals surface area contributed by atoms with E-state index in [4.69, 9.17) is 4.74 Å². The fraction of sp³-hybridized carbons (Fsp3) is 0.300. The van der Waals surface area contributed by atoms with E-state index >= 15 is 0 Å². The molecule has 2 heteroatoms. The second kappa shape index (κ2) is 7.92. The fourth-order valence-corrected chi connectivity index (χ4v) is 2.82. The van der Waals surface area contributed by atoms with Crippen LogP contribution < -0.4 is 0 Å². The monoisotopic (exact) mass is 293 g/mol. The predicted octanol–water partition coefficient (Wildman–Crippen LogP) is 4.04. The van der Waals surface area contributed by atoms with Crippen molar-refractivity contribution in [3.05, 3.63) is 83.4 Å². The van der Waals surface area contributed by atoms with Crippen molar-refractivity contribution in [2.75, 3.05) is 19.7 Å². The summed E-state index contributed by atoms with van der Waals surface area (Å²) in [5, 5.41) is 0. The summed E-state index contributed by atoms with van der Waals surface area (Å²) in [6.45, 7) is 4.67. The fourth-order valence-electron chi connectivity index (χ4n) is 2.82.